The summed E-state index contributed by atoms with van der Waals surface area (Å²) in [6.45, 7) is 4.34. The van der Waals surface area contributed by atoms with E-state index in [1.165, 1.54) is 35.3 Å². The highest BCUT2D eigenvalue weighted by Gasteiger charge is 2.23. The predicted octanol–water partition coefficient (Wildman–Crippen LogP) is 3.07. The Labute approximate surface area is 103 Å². The monoisotopic (exact) mass is 235 g/mol. The standard InChI is InChI=1S/C14H21NS/c1-10-5-6-11(2)12(8-10)9-13(15)14-4-3-7-16-14/h5-6,8,13-14H,3-4,7,9,15H2,1-2H3. The molecule has 2 atom stereocenters. The van der Waals surface area contributed by atoms with Gasteiger partial charge in [0.05, 0.1) is 0 Å². The molecule has 0 amide bonds. The summed E-state index contributed by atoms with van der Waals surface area (Å²) in [5.74, 6) is 1.30. The van der Waals surface area contributed by atoms with E-state index in [4.69, 9.17) is 5.73 Å². The van der Waals surface area contributed by atoms with Gasteiger partial charge in [0.2, 0.25) is 0 Å². The van der Waals surface area contributed by atoms with E-state index in [2.05, 4.69) is 43.8 Å². The summed E-state index contributed by atoms with van der Waals surface area (Å²) in [5.41, 5.74) is 10.5. The van der Waals surface area contributed by atoms with Crippen molar-refractivity contribution >= 4 is 11.8 Å². The number of hydrogen-bond donors (Lipinski definition) is 1. The Morgan fingerprint density at radius 3 is 2.94 bits per heavy atom. The van der Waals surface area contributed by atoms with E-state index in [-0.39, 0.29) is 0 Å². The Morgan fingerprint density at radius 1 is 1.44 bits per heavy atom. The first-order valence-electron chi connectivity index (χ1n) is 6.10. The first kappa shape index (κ1) is 12.0. The maximum absolute atomic E-state index is 6.31. The smallest absolute Gasteiger partial charge is 0.0202 e. The van der Waals surface area contributed by atoms with Crippen LogP contribution >= 0.6 is 11.8 Å². The summed E-state index contributed by atoms with van der Waals surface area (Å²) in [5, 5.41) is 0.680. The van der Waals surface area contributed by atoms with Gasteiger partial charge in [-0.05, 0) is 50.0 Å². The molecule has 1 aliphatic rings. The molecule has 0 radical (unpaired) electrons. The van der Waals surface area contributed by atoms with Gasteiger partial charge in [-0.25, -0.2) is 0 Å². The van der Waals surface area contributed by atoms with E-state index >= 15 is 0 Å². The fourth-order valence-electron chi connectivity index (χ4n) is 2.35. The lowest BCUT2D eigenvalue weighted by Gasteiger charge is -2.19. The summed E-state index contributed by atoms with van der Waals surface area (Å²) in [4.78, 5) is 0. The molecule has 0 saturated carbocycles. The summed E-state index contributed by atoms with van der Waals surface area (Å²) in [7, 11) is 0. The third-order valence-electron chi connectivity index (χ3n) is 3.40. The lowest BCUT2D eigenvalue weighted by molar-refractivity contribution is 0.607. The van der Waals surface area contributed by atoms with Crippen molar-refractivity contribution in [3.63, 3.8) is 0 Å². The van der Waals surface area contributed by atoms with Gasteiger partial charge in [-0.1, -0.05) is 23.8 Å². The Balaban J connectivity index is 2.04. The minimum Gasteiger partial charge on any atom is -0.326 e. The summed E-state index contributed by atoms with van der Waals surface area (Å²) in [6, 6.07) is 7.00. The SMILES string of the molecule is Cc1ccc(C)c(CC(N)C2CCCS2)c1. The topological polar surface area (TPSA) is 26.0 Å². The zero-order valence-electron chi connectivity index (χ0n) is 10.2. The molecule has 0 bridgehead atoms. The fourth-order valence-corrected chi connectivity index (χ4v) is 3.66. The minimum atomic E-state index is 0.327. The highest BCUT2D eigenvalue weighted by molar-refractivity contribution is 8.00. The maximum Gasteiger partial charge on any atom is 0.0202 e. The van der Waals surface area contributed by atoms with Crippen LogP contribution in [0.4, 0.5) is 0 Å². The van der Waals surface area contributed by atoms with Crippen molar-refractivity contribution in [1.29, 1.82) is 0 Å². The van der Waals surface area contributed by atoms with E-state index in [0.29, 0.717) is 11.3 Å². The second kappa shape index (κ2) is 5.24. The normalized spacial score (nSPS) is 22.3. The highest BCUT2D eigenvalue weighted by atomic mass is 32.2. The summed E-state index contributed by atoms with van der Waals surface area (Å²) in [6.07, 6.45) is 3.68. The number of aryl methyl sites for hydroxylation is 2. The lowest BCUT2D eigenvalue weighted by Crippen LogP contribution is -2.33. The van der Waals surface area contributed by atoms with Crippen molar-refractivity contribution in [1.82, 2.24) is 0 Å². The van der Waals surface area contributed by atoms with Gasteiger partial charge >= 0.3 is 0 Å². The number of hydrogen-bond acceptors (Lipinski definition) is 2. The van der Waals surface area contributed by atoms with E-state index in [9.17, 15) is 0 Å². The largest absolute Gasteiger partial charge is 0.326 e. The second-order valence-corrected chi connectivity index (χ2v) is 6.20. The van der Waals surface area contributed by atoms with E-state index < -0.39 is 0 Å². The molecule has 1 saturated heterocycles. The van der Waals surface area contributed by atoms with Crippen molar-refractivity contribution < 1.29 is 0 Å². The molecule has 0 spiro atoms. The molecule has 0 aromatic heterocycles. The Morgan fingerprint density at radius 2 is 2.25 bits per heavy atom. The first-order chi connectivity index (χ1) is 7.66. The molecular weight excluding hydrogens is 214 g/mol. The molecule has 16 heavy (non-hydrogen) atoms. The third kappa shape index (κ3) is 2.80. The Hall–Kier alpha value is -0.470. The molecule has 2 heteroatoms. The molecule has 1 aromatic rings. The molecular formula is C14H21NS. The summed E-state index contributed by atoms with van der Waals surface area (Å²) < 4.78 is 0. The van der Waals surface area contributed by atoms with Crippen LogP contribution in [0.25, 0.3) is 0 Å². The van der Waals surface area contributed by atoms with Gasteiger partial charge in [-0.2, -0.15) is 11.8 Å². The molecule has 1 aliphatic heterocycles. The highest BCUT2D eigenvalue weighted by Crippen LogP contribution is 2.29. The quantitative estimate of drug-likeness (QED) is 0.871. The zero-order chi connectivity index (χ0) is 11.5. The van der Waals surface area contributed by atoms with Crippen molar-refractivity contribution in [2.45, 2.75) is 44.4 Å². The first-order valence-corrected chi connectivity index (χ1v) is 7.15. The number of thioether (sulfide) groups is 1. The van der Waals surface area contributed by atoms with Gasteiger partial charge in [0.1, 0.15) is 0 Å². The molecule has 1 aromatic carbocycles. The molecule has 1 heterocycles. The third-order valence-corrected chi connectivity index (χ3v) is 4.94. The van der Waals surface area contributed by atoms with Crippen LogP contribution < -0.4 is 5.73 Å². The second-order valence-electron chi connectivity index (χ2n) is 4.85. The van der Waals surface area contributed by atoms with Crippen LogP contribution in [-0.4, -0.2) is 17.0 Å². The number of rotatable bonds is 3. The number of benzene rings is 1. The molecule has 2 N–H and O–H groups in total. The van der Waals surface area contributed by atoms with Crippen LogP contribution in [0, 0.1) is 13.8 Å². The van der Waals surface area contributed by atoms with E-state index in [1.807, 2.05) is 0 Å². The van der Waals surface area contributed by atoms with Gasteiger partial charge in [-0.3, -0.25) is 0 Å². The van der Waals surface area contributed by atoms with E-state index in [0.717, 1.165) is 6.42 Å². The molecule has 88 valence electrons. The van der Waals surface area contributed by atoms with Crippen molar-refractivity contribution in [2.24, 2.45) is 5.73 Å². The predicted molar refractivity (Wildman–Crippen MR) is 73.1 cm³/mol. The Kier molecular flexibility index (Phi) is 3.93. The van der Waals surface area contributed by atoms with Crippen LogP contribution in [-0.2, 0) is 6.42 Å². The average Bonchev–Trinajstić information content (AvgIpc) is 2.76. The average molecular weight is 235 g/mol. The van der Waals surface area contributed by atoms with Crippen LogP contribution in [0.2, 0.25) is 0 Å². The van der Waals surface area contributed by atoms with Gasteiger partial charge in [-0.15, -0.1) is 0 Å². The fraction of sp³-hybridized carbons (Fsp3) is 0.571. The van der Waals surface area contributed by atoms with Crippen LogP contribution in [0.3, 0.4) is 0 Å². The Bertz CT molecular complexity index is 356. The molecule has 2 unspecified atom stereocenters. The van der Waals surface area contributed by atoms with Gasteiger partial charge in [0, 0.05) is 11.3 Å². The zero-order valence-corrected chi connectivity index (χ0v) is 11.0. The lowest BCUT2D eigenvalue weighted by atomic mass is 9.97. The minimum absolute atomic E-state index is 0.327. The van der Waals surface area contributed by atoms with Crippen LogP contribution in [0.5, 0.6) is 0 Å². The van der Waals surface area contributed by atoms with Crippen LogP contribution in [0.1, 0.15) is 29.5 Å². The van der Waals surface area contributed by atoms with Crippen LogP contribution in [0.15, 0.2) is 18.2 Å². The van der Waals surface area contributed by atoms with Gasteiger partial charge in [0.25, 0.3) is 0 Å². The molecule has 1 fully saturated rings. The molecule has 0 aliphatic carbocycles. The van der Waals surface area contributed by atoms with Gasteiger partial charge < -0.3 is 5.73 Å². The van der Waals surface area contributed by atoms with E-state index in [1.54, 1.807) is 0 Å². The van der Waals surface area contributed by atoms with Crippen molar-refractivity contribution in [3.05, 3.63) is 34.9 Å². The molecule has 2 rings (SSSR count). The van der Waals surface area contributed by atoms with Crippen molar-refractivity contribution in [2.75, 3.05) is 5.75 Å². The van der Waals surface area contributed by atoms with Crippen molar-refractivity contribution in [3.8, 4) is 0 Å². The van der Waals surface area contributed by atoms with Gasteiger partial charge in [0.15, 0.2) is 0 Å². The maximum atomic E-state index is 6.31. The summed E-state index contributed by atoms with van der Waals surface area (Å²) >= 11 is 2.05. The number of nitrogens with two attached hydrogens (primary N) is 1. The molecule has 1 nitrogen and oxygen atoms in total.